The molecule has 7 nitrogen and oxygen atoms in total. The van der Waals surface area contributed by atoms with E-state index in [4.69, 9.17) is 9.47 Å². The molecule has 2 aliphatic heterocycles. The number of carbonyl (C=O) groups is 2. The van der Waals surface area contributed by atoms with Gasteiger partial charge in [-0.25, -0.2) is 0 Å². The quantitative estimate of drug-likeness (QED) is 0.762. The van der Waals surface area contributed by atoms with Crippen molar-refractivity contribution in [2.45, 2.75) is 18.7 Å². The molecule has 1 atom stereocenters. The molecule has 0 radical (unpaired) electrons. The fraction of sp³-hybridized carbons (Fsp3) is 0.588. The highest BCUT2D eigenvalue weighted by Crippen LogP contribution is 2.29. The molecule has 3 rings (SSSR count). The molecule has 2 saturated heterocycles. The van der Waals surface area contributed by atoms with Crippen molar-refractivity contribution in [3.8, 4) is 0 Å². The summed E-state index contributed by atoms with van der Waals surface area (Å²) < 4.78 is 49.9. The van der Waals surface area contributed by atoms with E-state index in [0.717, 1.165) is 12.3 Å². The van der Waals surface area contributed by atoms with Crippen LogP contribution in [0.2, 0.25) is 0 Å². The van der Waals surface area contributed by atoms with Crippen molar-refractivity contribution in [1.29, 1.82) is 0 Å². The van der Waals surface area contributed by atoms with E-state index >= 15 is 0 Å². The second-order valence-electron chi connectivity index (χ2n) is 6.59. The molecule has 27 heavy (non-hydrogen) atoms. The van der Waals surface area contributed by atoms with E-state index in [0.29, 0.717) is 6.54 Å². The van der Waals surface area contributed by atoms with Gasteiger partial charge in [0, 0.05) is 24.8 Å². The maximum atomic E-state index is 12.9. The van der Waals surface area contributed by atoms with Crippen LogP contribution in [-0.4, -0.2) is 78.2 Å². The van der Waals surface area contributed by atoms with Crippen LogP contribution < -0.4 is 0 Å². The van der Waals surface area contributed by atoms with E-state index in [1.165, 1.54) is 11.0 Å². The van der Waals surface area contributed by atoms with E-state index in [1.54, 1.807) is 4.90 Å². The van der Waals surface area contributed by atoms with Crippen LogP contribution in [0.5, 0.6) is 0 Å². The van der Waals surface area contributed by atoms with Crippen molar-refractivity contribution in [1.82, 2.24) is 14.8 Å². The number of hydrogen-bond acceptors (Lipinski definition) is 5. The van der Waals surface area contributed by atoms with Crippen molar-refractivity contribution in [3.05, 3.63) is 29.6 Å². The minimum absolute atomic E-state index is 0.103. The predicted octanol–water partition coefficient (Wildman–Crippen LogP) is 1.19. The van der Waals surface area contributed by atoms with E-state index in [1.807, 2.05) is 6.92 Å². The highest BCUT2D eigenvalue weighted by Gasteiger charge is 2.43. The molecule has 3 heterocycles. The Bertz CT molecular complexity index is 728. The lowest BCUT2D eigenvalue weighted by Crippen LogP contribution is -2.61. The van der Waals surface area contributed by atoms with Gasteiger partial charge in [-0.1, -0.05) is 0 Å². The third kappa shape index (κ3) is 4.22. The number of nitrogens with zero attached hydrogens (tertiary/aromatic N) is 3. The number of pyridine rings is 1. The molecule has 0 N–H and O–H groups in total. The molecular formula is C17H20F3N3O4. The first-order chi connectivity index (χ1) is 12.7. The molecule has 10 heteroatoms. The van der Waals surface area contributed by atoms with Gasteiger partial charge in [-0.2, -0.15) is 13.2 Å². The third-order valence-corrected chi connectivity index (χ3v) is 4.65. The number of halogens is 3. The van der Waals surface area contributed by atoms with E-state index < -0.39 is 23.4 Å². The monoisotopic (exact) mass is 387 g/mol. The number of amides is 2. The zero-order valence-corrected chi connectivity index (χ0v) is 14.8. The molecule has 1 aromatic heterocycles. The highest BCUT2D eigenvalue weighted by molar-refractivity contribution is 5.94. The first-order valence-electron chi connectivity index (χ1n) is 8.56. The number of morpholine rings is 1. The number of likely N-dealkylation sites (N-methyl/N-ethyl adjacent to an activating group) is 1. The minimum Gasteiger partial charge on any atom is -0.376 e. The van der Waals surface area contributed by atoms with Gasteiger partial charge in [0.1, 0.15) is 17.9 Å². The van der Waals surface area contributed by atoms with E-state index in [2.05, 4.69) is 4.98 Å². The summed E-state index contributed by atoms with van der Waals surface area (Å²) in [7, 11) is 0. The summed E-state index contributed by atoms with van der Waals surface area (Å²) in [6.07, 6.45) is -3.66. The average molecular weight is 387 g/mol. The van der Waals surface area contributed by atoms with Gasteiger partial charge >= 0.3 is 6.18 Å². The van der Waals surface area contributed by atoms with Crippen molar-refractivity contribution < 1.29 is 32.2 Å². The van der Waals surface area contributed by atoms with Crippen molar-refractivity contribution >= 4 is 11.8 Å². The van der Waals surface area contributed by atoms with Crippen LogP contribution in [0.3, 0.4) is 0 Å². The topological polar surface area (TPSA) is 72.0 Å². The Morgan fingerprint density at radius 1 is 1.37 bits per heavy atom. The lowest BCUT2D eigenvalue weighted by molar-refractivity contribution is -0.171. The standard InChI is InChI=1S/C17H20F3N3O4/c1-2-22-9-16(27-8-14(22)24)10-23(5-6-26-11-16)15(25)12-3-4-21-13(7-12)17(18,19)20/h3-4,7H,2,5-6,8-11H2,1H3. The lowest BCUT2D eigenvalue weighted by Gasteiger charge is -2.42. The second kappa shape index (κ2) is 7.43. The van der Waals surface area contributed by atoms with Crippen LogP contribution in [0, 0.1) is 0 Å². The minimum atomic E-state index is -4.63. The summed E-state index contributed by atoms with van der Waals surface area (Å²) in [6.45, 7) is 3.25. The van der Waals surface area contributed by atoms with Crippen LogP contribution in [0.15, 0.2) is 18.3 Å². The Balaban J connectivity index is 1.82. The molecule has 1 spiro atoms. The van der Waals surface area contributed by atoms with Crippen LogP contribution in [0.25, 0.3) is 0 Å². The van der Waals surface area contributed by atoms with E-state index in [9.17, 15) is 22.8 Å². The number of ether oxygens (including phenoxy) is 2. The molecule has 0 aliphatic carbocycles. The number of alkyl halides is 3. The van der Waals surface area contributed by atoms with Crippen molar-refractivity contribution in [3.63, 3.8) is 0 Å². The zero-order valence-electron chi connectivity index (χ0n) is 14.8. The van der Waals surface area contributed by atoms with Gasteiger partial charge in [0.25, 0.3) is 5.91 Å². The normalized spacial score (nSPS) is 24.2. The summed E-state index contributed by atoms with van der Waals surface area (Å²) in [5, 5.41) is 0. The fourth-order valence-electron chi connectivity index (χ4n) is 3.24. The number of aromatic nitrogens is 1. The Kier molecular flexibility index (Phi) is 5.38. The number of hydrogen-bond donors (Lipinski definition) is 0. The Morgan fingerprint density at radius 3 is 2.85 bits per heavy atom. The Morgan fingerprint density at radius 2 is 2.15 bits per heavy atom. The second-order valence-corrected chi connectivity index (χ2v) is 6.59. The Hall–Kier alpha value is -2.20. The maximum absolute atomic E-state index is 12.9. The molecule has 0 aromatic carbocycles. The molecule has 148 valence electrons. The molecule has 0 saturated carbocycles. The van der Waals surface area contributed by atoms with Crippen LogP contribution in [0.4, 0.5) is 13.2 Å². The number of rotatable bonds is 2. The van der Waals surface area contributed by atoms with Gasteiger partial charge in [-0.15, -0.1) is 0 Å². The summed E-state index contributed by atoms with van der Waals surface area (Å²) in [4.78, 5) is 31.0. The third-order valence-electron chi connectivity index (χ3n) is 4.65. The van der Waals surface area contributed by atoms with Gasteiger partial charge < -0.3 is 19.3 Å². The van der Waals surface area contributed by atoms with E-state index in [-0.39, 0.29) is 50.9 Å². The van der Waals surface area contributed by atoms with Gasteiger partial charge in [0.15, 0.2) is 0 Å². The lowest BCUT2D eigenvalue weighted by atomic mass is 10.0. The van der Waals surface area contributed by atoms with Crippen molar-refractivity contribution in [2.24, 2.45) is 0 Å². The smallest absolute Gasteiger partial charge is 0.376 e. The van der Waals surface area contributed by atoms with Crippen LogP contribution in [0.1, 0.15) is 23.0 Å². The number of carbonyl (C=O) groups excluding carboxylic acids is 2. The maximum Gasteiger partial charge on any atom is 0.433 e. The molecule has 2 aliphatic rings. The summed E-state index contributed by atoms with van der Waals surface area (Å²) >= 11 is 0. The summed E-state index contributed by atoms with van der Waals surface area (Å²) in [5.41, 5.74) is -2.12. The molecule has 2 amide bonds. The summed E-state index contributed by atoms with van der Waals surface area (Å²) in [6, 6.07) is 1.99. The SMILES string of the molecule is CCN1CC2(COCCN(C(=O)c3ccnc(C(F)(F)F)c3)C2)OCC1=O. The van der Waals surface area contributed by atoms with Gasteiger partial charge in [0.05, 0.1) is 26.3 Å². The molecular weight excluding hydrogens is 367 g/mol. The Labute approximate surface area is 154 Å². The van der Waals surface area contributed by atoms with Gasteiger partial charge in [-0.05, 0) is 19.1 Å². The predicted molar refractivity (Wildman–Crippen MR) is 86.9 cm³/mol. The zero-order chi connectivity index (χ0) is 19.7. The largest absolute Gasteiger partial charge is 0.433 e. The van der Waals surface area contributed by atoms with Gasteiger partial charge in [0.2, 0.25) is 5.91 Å². The van der Waals surface area contributed by atoms with Crippen LogP contribution in [-0.2, 0) is 20.4 Å². The highest BCUT2D eigenvalue weighted by atomic mass is 19.4. The first kappa shape index (κ1) is 19.6. The average Bonchev–Trinajstić information content (AvgIpc) is 2.85. The fourth-order valence-corrected chi connectivity index (χ4v) is 3.24. The first-order valence-corrected chi connectivity index (χ1v) is 8.56. The molecule has 1 unspecified atom stereocenters. The van der Waals surface area contributed by atoms with Crippen molar-refractivity contribution in [2.75, 3.05) is 46.0 Å². The molecule has 2 fully saturated rings. The van der Waals surface area contributed by atoms with Crippen LogP contribution >= 0.6 is 0 Å². The summed E-state index contributed by atoms with van der Waals surface area (Å²) in [5.74, 6) is -0.703. The molecule has 1 aromatic rings. The molecule has 0 bridgehead atoms. The van der Waals surface area contributed by atoms with Gasteiger partial charge in [-0.3, -0.25) is 14.6 Å².